The lowest BCUT2D eigenvalue weighted by molar-refractivity contribution is -0.385. The first-order chi connectivity index (χ1) is 13.1. The van der Waals surface area contributed by atoms with Gasteiger partial charge in [-0.05, 0) is 17.7 Å². The first kappa shape index (κ1) is 17.9. The Morgan fingerprint density at radius 2 is 1.81 bits per heavy atom. The molecule has 134 valence electrons. The number of halogens is 1. The van der Waals surface area contributed by atoms with Crippen molar-refractivity contribution in [3.8, 4) is 6.07 Å². The summed E-state index contributed by atoms with van der Waals surface area (Å²) in [6.07, 6.45) is 3.02. The molecular formula is C19H14FN5O2. The topological polar surface area (TPSA) is 105 Å². The van der Waals surface area contributed by atoms with E-state index in [0.29, 0.717) is 11.1 Å². The Labute approximate surface area is 154 Å². The maximum Gasteiger partial charge on any atom is 0.272 e. The Morgan fingerprint density at radius 3 is 2.44 bits per heavy atom. The fourth-order valence-corrected chi connectivity index (χ4v) is 2.64. The molecule has 0 saturated heterocycles. The molecule has 3 aromatic rings. The lowest BCUT2D eigenvalue weighted by Gasteiger charge is -2.19. The molecule has 0 spiro atoms. The maximum absolute atomic E-state index is 13.3. The van der Waals surface area contributed by atoms with Gasteiger partial charge in [0.15, 0.2) is 0 Å². The van der Waals surface area contributed by atoms with Crippen molar-refractivity contribution in [1.29, 1.82) is 5.26 Å². The zero-order valence-corrected chi connectivity index (χ0v) is 14.0. The lowest BCUT2D eigenvalue weighted by Crippen LogP contribution is -2.16. The lowest BCUT2D eigenvalue weighted by atomic mass is 9.98. The SMILES string of the molecule is N#Cc1cnc(NC(Cc2ccccc2[N+](=O)[O-])c2ccc(F)cc2)nc1. The van der Waals surface area contributed by atoms with E-state index in [0.717, 1.165) is 5.56 Å². The molecule has 0 bridgehead atoms. The standard InChI is InChI=1S/C19H14FN5O2/c20-16-7-5-14(6-8-16)17(24-19-22-11-13(10-21)12-23-19)9-15-3-1-2-4-18(15)25(26)27/h1-8,11-12,17H,9H2,(H,22,23,24). The Bertz CT molecular complexity index is 984. The first-order valence-corrected chi connectivity index (χ1v) is 8.03. The number of anilines is 1. The van der Waals surface area contributed by atoms with Crippen LogP contribution in [0.4, 0.5) is 16.0 Å². The molecule has 1 heterocycles. The van der Waals surface area contributed by atoms with Crippen molar-refractivity contribution >= 4 is 11.6 Å². The summed E-state index contributed by atoms with van der Waals surface area (Å²) in [5.41, 5.74) is 1.57. The minimum atomic E-state index is -0.435. The third-order valence-corrected chi connectivity index (χ3v) is 3.97. The molecule has 2 aromatic carbocycles. The molecule has 0 aliphatic heterocycles. The van der Waals surface area contributed by atoms with Crippen molar-refractivity contribution in [2.24, 2.45) is 0 Å². The highest BCUT2D eigenvalue weighted by molar-refractivity contribution is 5.43. The molecule has 8 heteroatoms. The Balaban J connectivity index is 1.93. The predicted octanol–water partition coefficient (Wildman–Crippen LogP) is 3.79. The zero-order chi connectivity index (χ0) is 19.2. The summed E-state index contributed by atoms with van der Waals surface area (Å²) < 4.78 is 13.3. The number of rotatable bonds is 6. The monoisotopic (exact) mass is 363 g/mol. The van der Waals surface area contributed by atoms with Crippen LogP contribution in [0.3, 0.4) is 0 Å². The van der Waals surface area contributed by atoms with E-state index >= 15 is 0 Å². The van der Waals surface area contributed by atoms with E-state index in [-0.39, 0.29) is 23.9 Å². The number of benzene rings is 2. The minimum Gasteiger partial charge on any atom is -0.347 e. The van der Waals surface area contributed by atoms with E-state index < -0.39 is 11.0 Å². The average Bonchev–Trinajstić information content (AvgIpc) is 2.69. The van der Waals surface area contributed by atoms with Crippen molar-refractivity contribution < 1.29 is 9.31 Å². The third-order valence-electron chi connectivity index (χ3n) is 3.97. The second-order valence-corrected chi connectivity index (χ2v) is 5.75. The highest BCUT2D eigenvalue weighted by Gasteiger charge is 2.20. The Hall–Kier alpha value is -3.86. The molecule has 3 rings (SSSR count). The molecule has 0 fully saturated rings. The van der Waals surface area contributed by atoms with Crippen molar-refractivity contribution in [1.82, 2.24) is 9.97 Å². The zero-order valence-electron chi connectivity index (χ0n) is 14.0. The predicted molar refractivity (Wildman–Crippen MR) is 96.3 cm³/mol. The molecule has 1 unspecified atom stereocenters. The third kappa shape index (κ3) is 4.41. The van der Waals surface area contributed by atoms with Gasteiger partial charge < -0.3 is 5.32 Å². The van der Waals surface area contributed by atoms with Crippen LogP contribution in [0.5, 0.6) is 0 Å². The summed E-state index contributed by atoms with van der Waals surface area (Å²) in [6, 6.07) is 13.8. The van der Waals surface area contributed by atoms with Gasteiger partial charge in [0, 0.05) is 18.1 Å². The van der Waals surface area contributed by atoms with Crippen LogP contribution >= 0.6 is 0 Å². The summed E-state index contributed by atoms with van der Waals surface area (Å²) in [4.78, 5) is 19.0. The fraction of sp³-hybridized carbons (Fsp3) is 0.105. The maximum atomic E-state index is 13.3. The number of para-hydroxylation sites is 1. The van der Waals surface area contributed by atoms with E-state index in [1.165, 1.54) is 30.6 Å². The summed E-state index contributed by atoms with van der Waals surface area (Å²) in [6.45, 7) is 0. The van der Waals surface area contributed by atoms with Crippen LogP contribution in [0, 0.1) is 27.3 Å². The van der Waals surface area contributed by atoms with E-state index in [2.05, 4.69) is 15.3 Å². The van der Waals surface area contributed by atoms with E-state index in [4.69, 9.17) is 5.26 Å². The van der Waals surface area contributed by atoms with Crippen LogP contribution < -0.4 is 5.32 Å². The fourth-order valence-electron chi connectivity index (χ4n) is 2.64. The molecule has 0 radical (unpaired) electrons. The summed E-state index contributed by atoms with van der Waals surface area (Å²) in [7, 11) is 0. The van der Waals surface area contributed by atoms with Gasteiger partial charge in [0.25, 0.3) is 5.69 Å². The highest BCUT2D eigenvalue weighted by atomic mass is 19.1. The van der Waals surface area contributed by atoms with Gasteiger partial charge in [0.05, 0.1) is 28.9 Å². The molecule has 1 atom stereocenters. The smallest absolute Gasteiger partial charge is 0.272 e. The van der Waals surface area contributed by atoms with Crippen LogP contribution in [0.2, 0.25) is 0 Å². The second-order valence-electron chi connectivity index (χ2n) is 5.75. The molecule has 7 nitrogen and oxygen atoms in total. The normalized spacial score (nSPS) is 11.4. The molecule has 0 amide bonds. The summed E-state index contributed by atoms with van der Waals surface area (Å²) in [5.74, 6) is -0.111. The van der Waals surface area contributed by atoms with Gasteiger partial charge in [-0.3, -0.25) is 10.1 Å². The number of nitro benzene ring substituents is 1. The number of hydrogen-bond acceptors (Lipinski definition) is 6. The van der Waals surface area contributed by atoms with Crippen LogP contribution in [-0.4, -0.2) is 14.9 Å². The number of aromatic nitrogens is 2. The Kier molecular flexibility index (Phi) is 5.33. The van der Waals surface area contributed by atoms with Crippen molar-refractivity contribution in [3.63, 3.8) is 0 Å². The van der Waals surface area contributed by atoms with E-state index in [1.54, 1.807) is 30.3 Å². The van der Waals surface area contributed by atoms with Crippen LogP contribution in [0.1, 0.15) is 22.7 Å². The first-order valence-electron chi connectivity index (χ1n) is 8.03. The van der Waals surface area contributed by atoms with Gasteiger partial charge in [0.2, 0.25) is 5.95 Å². The molecule has 0 saturated carbocycles. The molecule has 0 aliphatic rings. The average molecular weight is 363 g/mol. The van der Waals surface area contributed by atoms with Gasteiger partial charge in [-0.2, -0.15) is 5.26 Å². The quantitative estimate of drug-likeness (QED) is 0.528. The van der Waals surface area contributed by atoms with Gasteiger partial charge >= 0.3 is 0 Å². The Morgan fingerprint density at radius 1 is 1.15 bits per heavy atom. The van der Waals surface area contributed by atoms with E-state index in [1.807, 2.05) is 6.07 Å². The number of nitriles is 1. The second kappa shape index (κ2) is 8.01. The molecule has 0 aliphatic carbocycles. The number of nitro groups is 1. The van der Waals surface area contributed by atoms with Crippen molar-refractivity contribution in [2.75, 3.05) is 5.32 Å². The number of nitrogens with zero attached hydrogens (tertiary/aromatic N) is 4. The van der Waals surface area contributed by atoms with Gasteiger partial charge in [0.1, 0.15) is 11.9 Å². The van der Waals surface area contributed by atoms with Gasteiger partial charge in [-0.15, -0.1) is 0 Å². The highest BCUT2D eigenvalue weighted by Crippen LogP contribution is 2.27. The summed E-state index contributed by atoms with van der Waals surface area (Å²) in [5, 5.41) is 23.2. The van der Waals surface area contributed by atoms with E-state index in [9.17, 15) is 14.5 Å². The van der Waals surface area contributed by atoms with Crippen LogP contribution in [0.25, 0.3) is 0 Å². The van der Waals surface area contributed by atoms with Gasteiger partial charge in [-0.1, -0.05) is 30.3 Å². The van der Waals surface area contributed by atoms with Crippen LogP contribution in [0.15, 0.2) is 60.9 Å². The van der Waals surface area contributed by atoms with Crippen molar-refractivity contribution in [3.05, 3.63) is 93.5 Å². The van der Waals surface area contributed by atoms with Crippen LogP contribution in [-0.2, 0) is 6.42 Å². The molecule has 1 aromatic heterocycles. The van der Waals surface area contributed by atoms with Gasteiger partial charge in [-0.25, -0.2) is 14.4 Å². The molecule has 1 N–H and O–H groups in total. The number of hydrogen-bond donors (Lipinski definition) is 1. The minimum absolute atomic E-state index is 0.00663. The van der Waals surface area contributed by atoms with Crippen molar-refractivity contribution in [2.45, 2.75) is 12.5 Å². The molecule has 27 heavy (non-hydrogen) atoms. The molecular weight excluding hydrogens is 349 g/mol. The number of nitrogens with one attached hydrogen (secondary N) is 1. The largest absolute Gasteiger partial charge is 0.347 e. The summed E-state index contributed by atoms with van der Waals surface area (Å²) >= 11 is 0.